The van der Waals surface area contributed by atoms with Crippen molar-refractivity contribution in [3.63, 3.8) is 0 Å². The number of rotatable bonds is 8. The minimum Gasteiger partial charge on any atom is -0.371 e. The molecule has 174 valence electrons. The molecule has 33 heavy (non-hydrogen) atoms. The number of aromatic nitrogens is 3. The number of pyridine rings is 1. The molecule has 0 unspecified atom stereocenters. The molecular weight excluding hydrogens is 442 g/mol. The number of anilines is 5. The van der Waals surface area contributed by atoms with Gasteiger partial charge in [0.25, 0.3) is 0 Å². The number of nitrogens with one attached hydrogen (secondary N) is 4. The van der Waals surface area contributed by atoms with Crippen LogP contribution in [-0.4, -0.2) is 48.1 Å². The first-order chi connectivity index (χ1) is 15.8. The number of sulfonamides is 1. The highest BCUT2D eigenvalue weighted by atomic mass is 32.2. The predicted octanol–water partition coefficient (Wildman–Crippen LogP) is 3.33. The smallest absolute Gasteiger partial charge is 0.232 e. The molecule has 0 atom stereocenters. The zero-order valence-electron chi connectivity index (χ0n) is 18.6. The number of benzene rings is 1. The van der Waals surface area contributed by atoms with E-state index in [1.807, 2.05) is 25.1 Å². The Kier molecular flexibility index (Phi) is 5.35. The number of imidazole rings is 1. The maximum atomic E-state index is 12.4. The summed E-state index contributed by atoms with van der Waals surface area (Å²) in [6, 6.07) is 7.40. The van der Waals surface area contributed by atoms with Gasteiger partial charge in [0, 0.05) is 30.8 Å². The first-order valence-electron chi connectivity index (χ1n) is 11.2. The number of aryl methyl sites for hydroxylation is 1. The van der Waals surface area contributed by atoms with Gasteiger partial charge in [-0.2, -0.15) is 0 Å². The van der Waals surface area contributed by atoms with Crippen molar-refractivity contribution >= 4 is 55.7 Å². The van der Waals surface area contributed by atoms with Crippen molar-refractivity contribution in [2.75, 3.05) is 39.1 Å². The second-order valence-electron chi connectivity index (χ2n) is 8.54. The van der Waals surface area contributed by atoms with E-state index in [0.717, 1.165) is 38.0 Å². The van der Waals surface area contributed by atoms with E-state index in [4.69, 9.17) is 0 Å². The van der Waals surface area contributed by atoms with E-state index >= 15 is 0 Å². The second kappa shape index (κ2) is 8.22. The van der Waals surface area contributed by atoms with Crippen LogP contribution in [0.4, 0.5) is 28.6 Å². The van der Waals surface area contributed by atoms with Gasteiger partial charge in [-0.05, 0) is 51.3 Å². The van der Waals surface area contributed by atoms with Crippen molar-refractivity contribution in [3.8, 4) is 0 Å². The van der Waals surface area contributed by atoms with Crippen molar-refractivity contribution < 1.29 is 13.2 Å². The van der Waals surface area contributed by atoms with Crippen LogP contribution in [0, 0.1) is 12.8 Å². The quantitative estimate of drug-likeness (QED) is 0.398. The number of aromatic amines is 1. The average molecular weight is 470 g/mol. The molecule has 4 N–H and O–H groups in total. The van der Waals surface area contributed by atoms with Gasteiger partial charge >= 0.3 is 0 Å². The number of carbonyl (C=O) groups is 1. The molecule has 10 nitrogen and oxygen atoms in total. The molecule has 3 heterocycles. The van der Waals surface area contributed by atoms with Gasteiger partial charge in [0.2, 0.25) is 15.9 Å². The maximum absolute atomic E-state index is 12.4. The summed E-state index contributed by atoms with van der Waals surface area (Å²) in [5.74, 6) is 1.08. The largest absolute Gasteiger partial charge is 0.371 e. The van der Waals surface area contributed by atoms with Gasteiger partial charge in [0.05, 0.1) is 22.8 Å². The van der Waals surface area contributed by atoms with E-state index in [1.54, 1.807) is 13.0 Å². The standard InChI is InChI=1S/C22H27N7O3S/c1-3-33(31,32)28-17-11-15(29-9-4-10-29)7-8-16(17)25-18-12-19(27-22(30)14-5-6-14)26-21-20(18)23-13(2)24-21/h7-8,11-12,14,28H,3-6,9-10H2,1-2H3,(H3,23,24,25,26,27,30). The van der Waals surface area contributed by atoms with Crippen LogP contribution in [0.1, 0.15) is 32.0 Å². The van der Waals surface area contributed by atoms with Gasteiger partial charge in [0.1, 0.15) is 17.2 Å². The lowest BCUT2D eigenvalue weighted by Crippen LogP contribution is -2.37. The van der Waals surface area contributed by atoms with Crippen molar-refractivity contribution in [2.45, 2.75) is 33.1 Å². The van der Waals surface area contributed by atoms with Crippen LogP contribution in [0.2, 0.25) is 0 Å². The summed E-state index contributed by atoms with van der Waals surface area (Å²) in [6.45, 7) is 5.33. The fourth-order valence-electron chi connectivity index (χ4n) is 3.72. The molecule has 1 aromatic carbocycles. The number of carbonyl (C=O) groups excluding carboxylic acids is 1. The highest BCUT2D eigenvalue weighted by molar-refractivity contribution is 7.92. The molecule has 2 aliphatic rings. The molecule has 1 aliphatic carbocycles. The van der Waals surface area contributed by atoms with Crippen LogP contribution in [0.25, 0.3) is 11.2 Å². The van der Waals surface area contributed by atoms with Gasteiger partial charge in [-0.3, -0.25) is 9.52 Å². The highest BCUT2D eigenvalue weighted by Gasteiger charge is 2.30. The number of amides is 1. The Morgan fingerprint density at radius 3 is 2.61 bits per heavy atom. The summed E-state index contributed by atoms with van der Waals surface area (Å²) >= 11 is 0. The van der Waals surface area contributed by atoms with Crippen molar-refractivity contribution in [1.82, 2.24) is 15.0 Å². The molecule has 0 bridgehead atoms. The summed E-state index contributed by atoms with van der Waals surface area (Å²) in [7, 11) is -3.48. The molecular formula is C22H27N7O3S. The molecule has 2 aromatic heterocycles. The topological polar surface area (TPSA) is 132 Å². The van der Waals surface area contributed by atoms with E-state index in [2.05, 4.69) is 35.2 Å². The minimum atomic E-state index is -3.48. The van der Waals surface area contributed by atoms with E-state index in [1.165, 1.54) is 0 Å². The normalized spacial score (nSPS) is 15.9. The number of H-pyrrole nitrogens is 1. The highest BCUT2D eigenvalue weighted by Crippen LogP contribution is 2.35. The van der Waals surface area contributed by atoms with Crippen LogP contribution in [0.15, 0.2) is 24.3 Å². The Labute approximate surface area is 192 Å². The number of hydrogen-bond donors (Lipinski definition) is 4. The number of hydrogen-bond acceptors (Lipinski definition) is 7. The zero-order chi connectivity index (χ0) is 23.2. The van der Waals surface area contributed by atoms with Gasteiger partial charge in [-0.15, -0.1) is 0 Å². The van der Waals surface area contributed by atoms with Gasteiger partial charge in [-0.25, -0.2) is 18.4 Å². The van der Waals surface area contributed by atoms with Crippen molar-refractivity contribution in [2.24, 2.45) is 5.92 Å². The Hall–Kier alpha value is -3.34. The Balaban J connectivity index is 1.53. The molecule has 1 saturated heterocycles. The summed E-state index contributed by atoms with van der Waals surface area (Å²) in [6.07, 6.45) is 2.91. The van der Waals surface area contributed by atoms with E-state index in [-0.39, 0.29) is 17.6 Å². The molecule has 11 heteroatoms. The molecule has 1 amide bonds. The molecule has 1 saturated carbocycles. The minimum absolute atomic E-state index is 0.0320. The first kappa shape index (κ1) is 21.5. The molecule has 0 spiro atoms. The third-order valence-corrected chi connectivity index (χ3v) is 7.20. The van der Waals surface area contributed by atoms with Crippen LogP contribution in [-0.2, 0) is 14.8 Å². The monoisotopic (exact) mass is 469 g/mol. The molecule has 5 rings (SSSR count). The maximum Gasteiger partial charge on any atom is 0.232 e. The number of nitrogens with zero attached hydrogens (tertiary/aromatic N) is 3. The Morgan fingerprint density at radius 1 is 1.15 bits per heavy atom. The van der Waals surface area contributed by atoms with Gasteiger partial charge < -0.3 is 20.5 Å². The van der Waals surface area contributed by atoms with Gasteiger partial charge in [0.15, 0.2) is 5.65 Å². The lowest BCUT2D eigenvalue weighted by atomic mass is 10.1. The SMILES string of the molecule is CCS(=O)(=O)Nc1cc(N2CCC2)ccc1Nc1cc(NC(=O)C2CC2)nc2[nH]c(C)nc12. The first-order valence-corrected chi connectivity index (χ1v) is 12.8. The number of fused-ring (bicyclic) bond motifs is 1. The van der Waals surface area contributed by atoms with E-state index in [0.29, 0.717) is 39.9 Å². The van der Waals surface area contributed by atoms with Crippen molar-refractivity contribution in [1.29, 1.82) is 0 Å². The van der Waals surface area contributed by atoms with E-state index < -0.39 is 10.0 Å². The third kappa shape index (κ3) is 4.58. The molecule has 0 radical (unpaired) electrons. The van der Waals surface area contributed by atoms with Crippen LogP contribution >= 0.6 is 0 Å². The average Bonchev–Trinajstić information content (AvgIpc) is 3.50. The fraction of sp³-hybridized carbons (Fsp3) is 0.409. The van der Waals surface area contributed by atoms with Crippen LogP contribution < -0.4 is 20.3 Å². The summed E-state index contributed by atoms with van der Waals surface area (Å²) < 4.78 is 27.4. The van der Waals surface area contributed by atoms with E-state index in [9.17, 15) is 13.2 Å². The lowest BCUT2D eigenvalue weighted by molar-refractivity contribution is -0.117. The predicted molar refractivity (Wildman–Crippen MR) is 130 cm³/mol. The summed E-state index contributed by atoms with van der Waals surface area (Å²) in [4.78, 5) is 26.6. The molecule has 3 aromatic rings. The Morgan fingerprint density at radius 2 is 1.94 bits per heavy atom. The second-order valence-corrected chi connectivity index (χ2v) is 10.5. The zero-order valence-corrected chi connectivity index (χ0v) is 19.4. The fourth-order valence-corrected chi connectivity index (χ4v) is 4.37. The van der Waals surface area contributed by atoms with Crippen molar-refractivity contribution in [3.05, 3.63) is 30.1 Å². The van der Waals surface area contributed by atoms with Gasteiger partial charge in [-0.1, -0.05) is 0 Å². The molecule has 2 fully saturated rings. The van der Waals surface area contributed by atoms with Crippen LogP contribution in [0.5, 0.6) is 0 Å². The summed E-state index contributed by atoms with van der Waals surface area (Å²) in [5, 5.41) is 6.19. The lowest BCUT2D eigenvalue weighted by Gasteiger charge is -2.33. The Bertz CT molecular complexity index is 1330. The summed E-state index contributed by atoms with van der Waals surface area (Å²) in [5.41, 5.74) is 3.77. The van der Waals surface area contributed by atoms with Crippen LogP contribution in [0.3, 0.4) is 0 Å². The molecule has 1 aliphatic heterocycles. The third-order valence-electron chi connectivity index (χ3n) is 5.91.